The number of nitrogens with one attached hydrogen (secondary N) is 2. The number of benzene rings is 2. The number of aryl methyl sites for hydroxylation is 3. The lowest BCUT2D eigenvalue weighted by molar-refractivity contribution is -0.138. The van der Waals surface area contributed by atoms with Gasteiger partial charge in [-0.1, -0.05) is 44.5 Å². The third-order valence-electron chi connectivity index (χ3n) is 10.2. The molecule has 2 aromatic carbocycles. The number of rotatable bonds is 10. The van der Waals surface area contributed by atoms with Crippen LogP contribution >= 0.6 is 11.3 Å². The Morgan fingerprint density at radius 3 is 2.46 bits per heavy atom. The molecular formula is C39H49N7O3S. The Hall–Kier alpha value is -4.32. The molecule has 10 nitrogen and oxygen atoms in total. The Bertz CT molecular complexity index is 1870. The van der Waals surface area contributed by atoms with E-state index in [1.54, 1.807) is 24.6 Å². The Morgan fingerprint density at radius 2 is 1.74 bits per heavy atom. The van der Waals surface area contributed by atoms with Gasteiger partial charge in [0, 0.05) is 61.2 Å². The van der Waals surface area contributed by atoms with E-state index in [4.69, 9.17) is 4.98 Å². The van der Waals surface area contributed by atoms with E-state index in [9.17, 15) is 14.4 Å². The summed E-state index contributed by atoms with van der Waals surface area (Å²) in [7, 11) is 3.69. The molecule has 0 saturated carbocycles. The van der Waals surface area contributed by atoms with E-state index in [2.05, 4.69) is 40.3 Å². The summed E-state index contributed by atoms with van der Waals surface area (Å²) >= 11 is 1.61. The molecule has 1 fully saturated rings. The minimum atomic E-state index is -0.387. The van der Waals surface area contributed by atoms with E-state index in [1.807, 2.05) is 61.3 Å². The monoisotopic (exact) mass is 695 g/mol. The molecule has 1 atom stereocenters. The maximum absolute atomic E-state index is 13.7. The second-order valence-corrected chi connectivity index (χ2v) is 14.6. The molecule has 1 saturated heterocycles. The van der Waals surface area contributed by atoms with Gasteiger partial charge in [0.05, 0.1) is 10.6 Å². The molecule has 6 rings (SSSR count). The van der Waals surface area contributed by atoms with Crippen molar-refractivity contribution in [3.05, 3.63) is 91.5 Å². The SMILES string of the molecule is CCN1CCN(C(=O)C(c2ccc(Nc3nc(-c4cccc(NC(=O)c5cc6c(s5)CCCCC6)c4C)cn(C)c3=O)cc2)N(C)CC)CC1. The van der Waals surface area contributed by atoms with Crippen molar-refractivity contribution in [2.45, 2.75) is 58.9 Å². The van der Waals surface area contributed by atoms with E-state index in [0.717, 1.165) is 73.7 Å². The fourth-order valence-electron chi connectivity index (χ4n) is 6.94. The highest BCUT2D eigenvalue weighted by Gasteiger charge is 2.31. The molecule has 2 aliphatic rings. The minimum absolute atomic E-state index is 0.101. The van der Waals surface area contributed by atoms with Crippen LogP contribution in [0.15, 0.2) is 59.5 Å². The molecule has 2 aromatic heterocycles. The van der Waals surface area contributed by atoms with Gasteiger partial charge in [0.25, 0.3) is 11.5 Å². The van der Waals surface area contributed by atoms with E-state index < -0.39 is 0 Å². The van der Waals surface area contributed by atoms with Gasteiger partial charge in [-0.15, -0.1) is 11.3 Å². The van der Waals surface area contributed by atoms with Crippen molar-refractivity contribution >= 4 is 40.3 Å². The molecule has 4 aromatic rings. The van der Waals surface area contributed by atoms with Crippen LogP contribution in [-0.2, 0) is 24.7 Å². The van der Waals surface area contributed by atoms with Gasteiger partial charge in [-0.25, -0.2) is 4.98 Å². The van der Waals surface area contributed by atoms with Crippen LogP contribution in [0, 0.1) is 6.92 Å². The van der Waals surface area contributed by atoms with Crippen molar-refractivity contribution in [2.24, 2.45) is 7.05 Å². The number of anilines is 3. The molecule has 2 amide bonds. The molecule has 0 spiro atoms. The number of thiophene rings is 1. The van der Waals surface area contributed by atoms with Crippen molar-refractivity contribution in [3.8, 4) is 11.3 Å². The molecule has 1 unspecified atom stereocenters. The fourth-order valence-corrected chi connectivity index (χ4v) is 8.09. The molecule has 3 heterocycles. The van der Waals surface area contributed by atoms with Crippen LogP contribution in [0.4, 0.5) is 17.2 Å². The molecule has 1 aliphatic heterocycles. The van der Waals surface area contributed by atoms with E-state index in [0.29, 0.717) is 17.1 Å². The summed E-state index contributed by atoms with van der Waals surface area (Å²) in [6.45, 7) is 11.2. The molecule has 50 heavy (non-hydrogen) atoms. The minimum Gasteiger partial charge on any atom is -0.338 e. The van der Waals surface area contributed by atoms with Gasteiger partial charge in [0.15, 0.2) is 5.82 Å². The van der Waals surface area contributed by atoms with Crippen LogP contribution in [0.1, 0.15) is 70.4 Å². The highest BCUT2D eigenvalue weighted by Crippen LogP contribution is 2.32. The molecule has 11 heteroatoms. The number of likely N-dealkylation sites (N-methyl/N-ethyl adjacent to an activating group) is 2. The number of carbonyl (C=O) groups is 2. The normalized spacial score (nSPS) is 15.8. The van der Waals surface area contributed by atoms with Crippen LogP contribution in [0.3, 0.4) is 0 Å². The number of nitrogens with zero attached hydrogens (tertiary/aromatic N) is 5. The first-order valence-corrected chi connectivity index (χ1v) is 18.7. The summed E-state index contributed by atoms with van der Waals surface area (Å²) in [6.07, 6.45) is 7.41. The third kappa shape index (κ3) is 7.70. The summed E-state index contributed by atoms with van der Waals surface area (Å²) in [5.74, 6) is 0.210. The second-order valence-electron chi connectivity index (χ2n) is 13.4. The molecule has 1 aliphatic carbocycles. The number of piperazine rings is 1. The number of aromatic nitrogens is 2. The first kappa shape index (κ1) is 35.5. The summed E-state index contributed by atoms with van der Waals surface area (Å²) in [4.78, 5) is 53.6. The zero-order valence-corrected chi connectivity index (χ0v) is 30.7. The predicted molar refractivity (Wildman–Crippen MR) is 203 cm³/mol. The molecule has 0 bridgehead atoms. The summed E-state index contributed by atoms with van der Waals surface area (Å²) in [5, 5.41) is 6.35. The highest BCUT2D eigenvalue weighted by molar-refractivity contribution is 7.14. The van der Waals surface area contributed by atoms with E-state index >= 15 is 0 Å². The lowest BCUT2D eigenvalue weighted by Crippen LogP contribution is -2.51. The topological polar surface area (TPSA) is 103 Å². The fraction of sp³-hybridized carbons (Fsp3) is 0.436. The van der Waals surface area contributed by atoms with Crippen LogP contribution in [0.2, 0.25) is 0 Å². The Kier molecular flexibility index (Phi) is 11.2. The van der Waals surface area contributed by atoms with Crippen LogP contribution in [-0.4, -0.2) is 82.4 Å². The third-order valence-corrected chi connectivity index (χ3v) is 11.4. The Morgan fingerprint density at radius 1 is 1.00 bits per heavy atom. The summed E-state index contributed by atoms with van der Waals surface area (Å²) < 4.78 is 1.52. The Labute approximate surface area is 299 Å². The van der Waals surface area contributed by atoms with Gasteiger partial charge in [-0.3, -0.25) is 19.3 Å². The second kappa shape index (κ2) is 15.7. The van der Waals surface area contributed by atoms with E-state index in [1.165, 1.54) is 34.3 Å². The van der Waals surface area contributed by atoms with Crippen LogP contribution in [0.5, 0.6) is 0 Å². The number of amides is 2. The number of carbonyl (C=O) groups excluding carboxylic acids is 2. The van der Waals surface area contributed by atoms with Gasteiger partial charge >= 0.3 is 0 Å². The highest BCUT2D eigenvalue weighted by atomic mass is 32.1. The number of hydrogen-bond acceptors (Lipinski definition) is 8. The molecular weight excluding hydrogens is 647 g/mol. The van der Waals surface area contributed by atoms with Gasteiger partial charge in [-0.2, -0.15) is 0 Å². The first-order valence-electron chi connectivity index (χ1n) is 17.9. The summed E-state index contributed by atoms with van der Waals surface area (Å²) in [5.41, 5.74) is 5.67. The van der Waals surface area contributed by atoms with Crippen LogP contribution < -0.4 is 16.2 Å². The van der Waals surface area contributed by atoms with Crippen LogP contribution in [0.25, 0.3) is 11.3 Å². The number of fused-ring (bicyclic) bond motifs is 1. The average molecular weight is 696 g/mol. The van der Waals surface area contributed by atoms with Crippen molar-refractivity contribution in [2.75, 3.05) is 56.9 Å². The van der Waals surface area contributed by atoms with Gasteiger partial charge in [0.2, 0.25) is 5.91 Å². The lowest BCUT2D eigenvalue weighted by Gasteiger charge is -2.38. The van der Waals surface area contributed by atoms with Gasteiger partial charge in [-0.05, 0) is 93.7 Å². The zero-order valence-electron chi connectivity index (χ0n) is 29.9. The number of hydrogen-bond donors (Lipinski definition) is 2. The quantitative estimate of drug-likeness (QED) is 0.190. The van der Waals surface area contributed by atoms with Crippen molar-refractivity contribution in [1.82, 2.24) is 24.3 Å². The predicted octanol–water partition coefficient (Wildman–Crippen LogP) is 6.24. The van der Waals surface area contributed by atoms with Crippen molar-refractivity contribution < 1.29 is 9.59 Å². The smallest absolute Gasteiger partial charge is 0.293 e. The zero-order chi connectivity index (χ0) is 35.4. The maximum Gasteiger partial charge on any atom is 0.293 e. The largest absolute Gasteiger partial charge is 0.338 e. The van der Waals surface area contributed by atoms with Crippen molar-refractivity contribution in [3.63, 3.8) is 0 Å². The average Bonchev–Trinajstić information content (AvgIpc) is 3.41. The van der Waals surface area contributed by atoms with Gasteiger partial charge < -0.3 is 25.0 Å². The van der Waals surface area contributed by atoms with Gasteiger partial charge in [0.1, 0.15) is 6.04 Å². The standard InChI is InChI=1S/C39H49N7O3S/c1-6-43(4)35(38(48)46-22-20-45(7-2)21-23-46)27-16-18-29(19-17-27)40-36-39(49)44(5)25-32(41-36)30-13-11-14-31(26(30)3)42-37(47)34-24-28-12-9-8-10-15-33(28)50-34/h11,13-14,16-19,24-25,35H,6-10,12,15,20-23H2,1-5H3,(H,40,41)(H,42,47). The molecule has 0 radical (unpaired) electrons. The van der Waals surface area contributed by atoms with Crippen molar-refractivity contribution in [1.29, 1.82) is 0 Å². The molecule has 2 N–H and O–H groups in total. The summed E-state index contributed by atoms with van der Waals surface area (Å²) in [6, 6.07) is 15.1. The maximum atomic E-state index is 13.7. The lowest BCUT2D eigenvalue weighted by atomic mass is 10.0. The molecule has 264 valence electrons. The first-order chi connectivity index (χ1) is 24.2. The van der Waals surface area contributed by atoms with E-state index in [-0.39, 0.29) is 29.2 Å². The Balaban J connectivity index is 1.20.